The Balaban J connectivity index is 2.01. The average Bonchev–Trinajstić information content (AvgIpc) is 3.05. The molecule has 1 atom stereocenters. The lowest BCUT2D eigenvalue weighted by atomic mass is 10.2. The Kier molecular flexibility index (Phi) is 5.68. The van der Waals surface area contributed by atoms with Crippen LogP contribution in [0, 0.1) is 0 Å². The Morgan fingerprint density at radius 1 is 1.43 bits per heavy atom. The van der Waals surface area contributed by atoms with Gasteiger partial charge in [-0.3, -0.25) is 14.6 Å². The minimum absolute atomic E-state index is 0.0618. The second-order valence-corrected chi connectivity index (χ2v) is 4.94. The van der Waals surface area contributed by atoms with Gasteiger partial charge in [-0.1, -0.05) is 0 Å². The van der Waals surface area contributed by atoms with E-state index in [4.69, 9.17) is 4.74 Å². The van der Waals surface area contributed by atoms with Crippen molar-refractivity contribution in [1.29, 1.82) is 0 Å². The highest BCUT2D eigenvalue weighted by Gasteiger charge is 2.28. The van der Waals surface area contributed by atoms with Gasteiger partial charge in [-0.2, -0.15) is 0 Å². The summed E-state index contributed by atoms with van der Waals surface area (Å²) in [4.78, 5) is 29.4. The molecule has 0 saturated carbocycles. The summed E-state index contributed by atoms with van der Waals surface area (Å²) >= 11 is 0. The summed E-state index contributed by atoms with van der Waals surface area (Å²) in [6.07, 6.45) is 4.80. The summed E-state index contributed by atoms with van der Waals surface area (Å²) in [5.41, 5.74) is 0.973. The summed E-state index contributed by atoms with van der Waals surface area (Å²) in [5.74, 6) is -0.386. The van der Waals surface area contributed by atoms with Crippen molar-refractivity contribution in [2.75, 3.05) is 20.3 Å². The van der Waals surface area contributed by atoms with Crippen LogP contribution in [0.4, 0.5) is 0 Å². The molecule has 0 N–H and O–H groups in total. The fourth-order valence-electron chi connectivity index (χ4n) is 2.28. The maximum Gasteiger partial charge on any atom is 0.307 e. The molecule has 0 aromatic carbocycles. The first-order valence-corrected chi connectivity index (χ1v) is 7.07. The maximum atomic E-state index is 12.5. The van der Waals surface area contributed by atoms with Gasteiger partial charge in [0.05, 0.1) is 13.5 Å². The molecule has 0 aliphatic carbocycles. The number of carbonyl (C=O) groups excluding carboxylic acids is 2. The minimum Gasteiger partial charge on any atom is -0.469 e. The van der Waals surface area contributed by atoms with Gasteiger partial charge >= 0.3 is 5.97 Å². The van der Waals surface area contributed by atoms with Gasteiger partial charge in [0, 0.05) is 32.1 Å². The fraction of sp³-hybridized carbons (Fsp3) is 0.533. The van der Waals surface area contributed by atoms with E-state index in [1.165, 1.54) is 7.11 Å². The first-order chi connectivity index (χ1) is 10.2. The van der Waals surface area contributed by atoms with Crippen LogP contribution in [0.2, 0.25) is 0 Å². The number of rotatable bonds is 6. The number of pyridine rings is 1. The van der Waals surface area contributed by atoms with Gasteiger partial charge in [-0.25, -0.2) is 0 Å². The molecule has 0 spiro atoms. The number of hydrogen-bond donors (Lipinski definition) is 0. The molecule has 6 nitrogen and oxygen atoms in total. The summed E-state index contributed by atoms with van der Waals surface area (Å²) in [5, 5.41) is 0. The van der Waals surface area contributed by atoms with E-state index in [-0.39, 0.29) is 24.4 Å². The van der Waals surface area contributed by atoms with Crippen LogP contribution in [0.15, 0.2) is 24.5 Å². The van der Waals surface area contributed by atoms with Gasteiger partial charge in [0.1, 0.15) is 6.10 Å². The highest BCUT2D eigenvalue weighted by Crippen LogP contribution is 2.16. The summed E-state index contributed by atoms with van der Waals surface area (Å²) in [6, 6.07) is 3.71. The molecular weight excluding hydrogens is 272 g/mol. The Morgan fingerprint density at radius 3 is 2.81 bits per heavy atom. The highest BCUT2D eigenvalue weighted by molar-refractivity contribution is 5.81. The van der Waals surface area contributed by atoms with Crippen molar-refractivity contribution in [2.45, 2.75) is 31.9 Å². The van der Waals surface area contributed by atoms with Gasteiger partial charge in [-0.05, 0) is 30.5 Å². The third kappa shape index (κ3) is 4.53. The summed E-state index contributed by atoms with van der Waals surface area (Å²) in [6.45, 7) is 1.39. The zero-order valence-electron chi connectivity index (χ0n) is 12.2. The monoisotopic (exact) mass is 292 g/mol. The number of aromatic nitrogens is 1. The van der Waals surface area contributed by atoms with Crippen molar-refractivity contribution in [2.24, 2.45) is 0 Å². The van der Waals surface area contributed by atoms with Crippen LogP contribution in [-0.2, 0) is 25.6 Å². The first kappa shape index (κ1) is 15.4. The van der Waals surface area contributed by atoms with Crippen molar-refractivity contribution in [3.05, 3.63) is 30.1 Å². The highest BCUT2D eigenvalue weighted by atomic mass is 16.5. The molecule has 6 heteroatoms. The van der Waals surface area contributed by atoms with Crippen LogP contribution in [0.25, 0.3) is 0 Å². The zero-order chi connectivity index (χ0) is 15.1. The molecule has 2 rings (SSSR count). The quantitative estimate of drug-likeness (QED) is 0.736. The van der Waals surface area contributed by atoms with Crippen LogP contribution >= 0.6 is 0 Å². The van der Waals surface area contributed by atoms with E-state index in [1.54, 1.807) is 17.3 Å². The number of carbonyl (C=O) groups is 2. The van der Waals surface area contributed by atoms with E-state index in [1.807, 2.05) is 12.1 Å². The molecule has 114 valence electrons. The predicted octanol–water partition coefficient (Wildman–Crippen LogP) is 1.15. The molecule has 0 bridgehead atoms. The van der Waals surface area contributed by atoms with Gasteiger partial charge in [0.2, 0.25) is 0 Å². The Labute approximate surface area is 124 Å². The van der Waals surface area contributed by atoms with E-state index in [0.717, 1.165) is 18.4 Å². The van der Waals surface area contributed by atoms with Crippen LogP contribution < -0.4 is 0 Å². The average molecular weight is 292 g/mol. The van der Waals surface area contributed by atoms with Gasteiger partial charge in [0.25, 0.3) is 5.91 Å². The van der Waals surface area contributed by atoms with Crippen LogP contribution in [0.5, 0.6) is 0 Å². The number of methoxy groups -OCH3 is 1. The lowest BCUT2D eigenvalue weighted by Crippen LogP contribution is -2.39. The molecule has 1 aliphatic rings. The molecule has 21 heavy (non-hydrogen) atoms. The minimum atomic E-state index is -0.385. The molecule has 1 aromatic heterocycles. The molecule has 1 aliphatic heterocycles. The Morgan fingerprint density at radius 2 is 2.19 bits per heavy atom. The van der Waals surface area contributed by atoms with Crippen molar-refractivity contribution < 1.29 is 19.1 Å². The molecule has 1 amide bonds. The smallest absolute Gasteiger partial charge is 0.307 e. The standard InChI is InChI=1S/C15H20N2O4/c1-20-14(18)6-9-17(11-12-4-7-16-8-5-12)15(19)13-3-2-10-21-13/h4-5,7-8,13H,2-3,6,9-11H2,1H3. The van der Waals surface area contributed by atoms with Crippen LogP contribution in [-0.4, -0.2) is 48.1 Å². The zero-order valence-corrected chi connectivity index (χ0v) is 12.2. The third-order valence-electron chi connectivity index (χ3n) is 3.45. The molecule has 1 aromatic rings. The molecule has 1 fully saturated rings. The third-order valence-corrected chi connectivity index (χ3v) is 3.45. The lowest BCUT2D eigenvalue weighted by Gasteiger charge is -2.25. The fourth-order valence-corrected chi connectivity index (χ4v) is 2.28. The topological polar surface area (TPSA) is 68.7 Å². The van der Waals surface area contributed by atoms with Crippen molar-refractivity contribution in [3.63, 3.8) is 0 Å². The van der Waals surface area contributed by atoms with Gasteiger partial charge in [-0.15, -0.1) is 0 Å². The van der Waals surface area contributed by atoms with Crippen LogP contribution in [0.3, 0.4) is 0 Å². The predicted molar refractivity (Wildman–Crippen MR) is 75.3 cm³/mol. The van der Waals surface area contributed by atoms with Crippen molar-refractivity contribution >= 4 is 11.9 Å². The number of ether oxygens (including phenoxy) is 2. The molecule has 1 saturated heterocycles. The number of nitrogens with zero attached hydrogens (tertiary/aromatic N) is 2. The Hall–Kier alpha value is -1.95. The Bertz CT molecular complexity index is 472. The SMILES string of the molecule is COC(=O)CCN(Cc1ccncc1)C(=O)C1CCCO1. The van der Waals surface area contributed by atoms with Crippen molar-refractivity contribution in [3.8, 4) is 0 Å². The van der Waals surface area contributed by atoms with Gasteiger partial charge in [0.15, 0.2) is 0 Å². The summed E-state index contributed by atoms with van der Waals surface area (Å²) in [7, 11) is 1.34. The normalized spacial score (nSPS) is 17.5. The van der Waals surface area contributed by atoms with Crippen molar-refractivity contribution in [1.82, 2.24) is 9.88 Å². The lowest BCUT2D eigenvalue weighted by molar-refractivity contribution is -0.144. The largest absolute Gasteiger partial charge is 0.469 e. The number of esters is 1. The number of hydrogen-bond acceptors (Lipinski definition) is 5. The molecule has 1 unspecified atom stereocenters. The van der Waals surface area contributed by atoms with Crippen LogP contribution in [0.1, 0.15) is 24.8 Å². The molecule has 0 radical (unpaired) electrons. The maximum absolute atomic E-state index is 12.5. The van der Waals surface area contributed by atoms with E-state index >= 15 is 0 Å². The van der Waals surface area contributed by atoms with Gasteiger partial charge < -0.3 is 14.4 Å². The second-order valence-electron chi connectivity index (χ2n) is 4.94. The summed E-state index contributed by atoms with van der Waals surface area (Å²) < 4.78 is 10.1. The first-order valence-electron chi connectivity index (χ1n) is 7.07. The number of amides is 1. The molecular formula is C15H20N2O4. The van der Waals surface area contributed by atoms with E-state index < -0.39 is 0 Å². The van der Waals surface area contributed by atoms with E-state index in [2.05, 4.69) is 9.72 Å². The van der Waals surface area contributed by atoms with E-state index in [9.17, 15) is 9.59 Å². The second kappa shape index (κ2) is 7.73. The van der Waals surface area contributed by atoms with E-state index in [0.29, 0.717) is 19.7 Å². The molecule has 2 heterocycles.